The largest absolute Gasteiger partial charge is 0.343 e. The van der Waals surface area contributed by atoms with E-state index in [2.05, 4.69) is 41.1 Å². The highest BCUT2D eigenvalue weighted by atomic mass is 15.1. The van der Waals surface area contributed by atoms with Crippen molar-refractivity contribution in [3.05, 3.63) is 53.9 Å². The fourth-order valence-electron chi connectivity index (χ4n) is 1.65. The van der Waals surface area contributed by atoms with Gasteiger partial charge in [-0.25, -0.2) is 0 Å². The lowest BCUT2D eigenvalue weighted by molar-refractivity contribution is 0.985. The monoisotopic (exact) mass is 227 g/mol. The van der Waals surface area contributed by atoms with Gasteiger partial charge in [0.05, 0.1) is 17.6 Å². The van der Waals surface area contributed by atoms with Crippen LogP contribution in [0.25, 0.3) is 0 Å². The molecule has 0 unspecified atom stereocenters. The van der Waals surface area contributed by atoms with Crippen LogP contribution in [0.15, 0.2) is 42.6 Å². The number of anilines is 2. The van der Waals surface area contributed by atoms with E-state index < -0.39 is 0 Å². The van der Waals surface area contributed by atoms with Crippen molar-refractivity contribution in [2.24, 2.45) is 5.73 Å². The lowest BCUT2D eigenvalue weighted by atomic mass is 10.2. The summed E-state index contributed by atoms with van der Waals surface area (Å²) in [6.45, 7) is 2.57. The van der Waals surface area contributed by atoms with E-state index in [9.17, 15) is 0 Å². The predicted octanol–water partition coefficient (Wildman–Crippen LogP) is 2.62. The molecule has 3 heteroatoms. The van der Waals surface area contributed by atoms with E-state index in [1.54, 1.807) is 0 Å². The smallest absolute Gasteiger partial charge is 0.0594 e. The zero-order chi connectivity index (χ0) is 12.3. The summed E-state index contributed by atoms with van der Waals surface area (Å²) in [7, 11) is 2.03. The van der Waals surface area contributed by atoms with Crippen molar-refractivity contribution < 1.29 is 0 Å². The summed E-state index contributed by atoms with van der Waals surface area (Å²) >= 11 is 0. The third kappa shape index (κ3) is 2.63. The van der Waals surface area contributed by atoms with Gasteiger partial charge in [0.15, 0.2) is 0 Å². The van der Waals surface area contributed by atoms with Crippen LogP contribution in [0.3, 0.4) is 0 Å². The van der Waals surface area contributed by atoms with Crippen molar-refractivity contribution >= 4 is 11.4 Å². The van der Waals surface area contributed by atoms with Gasteiger partial charge in [0, 0.05) is 19.3 Å². The first-order valence-corrected chi connectivity index (χ1v) is 5.66. The average molecular weight is 227 g/mol. The van der Waals surface area contributed by atoms with E-state index in [1.165, 1.54) is 5.56 Å². The summed E-state index contributed by atoms with van der Waals surface area (Å²) in [5.74, 6) is 0. The van der Waals surface area contributed by atoms with Crippen LogP contribution in [0.4, 0.5) is 11.4 Å². The standard InChI is InChI=1S/C14H17N3/c1-11-3-6-13(7-4-11)17(2)14-8-5-12(9-15)16-10-14/h3-8,10H,9,15H2,1-2H3. The highest BCUT2D eigenvalue weighted by molar-refractivity contribution is 5.61. The molecule has 0 spiro atoms. The molecule has 0 radical (unpaired) electrons. The minimum atomic E-state index is 0.481. The van der Waals surface area contributed by atoms with Gasteiger partial charge < -0.3 is 10.6 Å². The first kappa shape index (κ1) is 11.6. The molecule has 17 heavy (non-hydrogen) atoms. The summed E-state index contributed by atoms with van der Waals surface area (Å²) in [4.78, 5) is 6.40. The number of nitrogens with two attached hydrogens (primary N) is 1. The van der Waals surface area contributed by atoms with Crippen molar-refractivity contribution in [2.45, 2.75) is 13.5 Å². The molecule has 2 aromatic rings. The van der Waals surface area contributed by atoms with E-state index in [0.717, 1.165) is 17.1 Å². The van der Waals surface area contributed by atoms with Gasteiger partial charge in [0.25, 0.3) is 0 Å². The summed E-state index contributed by atoms with van der Waals surface area (Å²) in [6, 6.07) is 12.4. The minimum absolute atomic E-state index is 0.481. The van der Waals surface area contributed by atoms with Gasteiger partial charge in [0.2, 0.25) is 0 Å². The highest BCUT2D eigenvalue weighted by Gasteiger charge is 2.03. The van der Waals surface area contributed by atoms with Gasteiger partial charge in [-0.15, -0.1) is 0 Å². The Morgan fingerprint density at radius 3 is 2.24 bits per heavy atom. The number of rotatable bonds is 3. The fourth-order valence-corrected chi connectivity index (χ4v) is 1.65. The number of benzene rings is 1. The van der Waals surface area contributed by atoms with Crippen LogP contribution in [-0.2, 0) is 6.54 Å². The minimum Gasteiger partial charge on any atom is -0.343 e. The van der Waals surface area contributed by atoms with Crippen LogP contribution in [-0.4, -0.2) is 12.0 Å². The normalized spacial score (nSPS) is 10.3. The lowest BCUT2D eigenvalue weighted by Gasteiger charge is -2.19. The first-order chi connectivity index (χ1) is 8.20. The van der Waals surface area contributed by atoms with Crippen LogP contribution in [0.5, 0.6) is 0 Å². The molecule has 88 valence electrons. The van der Waals surface area contributed by atoms with Crippen LogP contribution in [0.2, 0.25) is 0 Å². The van der Waals surface area contributed by atoms with E-state index in [0.29, 0.717) is 6.54 Å². The molecule has 0 bridgehead atoms. The van der Waals surface area contributed by atoms with Crippen LogP contribution in [0.1, 0.15) is 11.3 Å². The Kier molecular flexibility index (Phi) is 3.40. The van der Waals surface area contributed by atoms with Gasteiger partial charge >= 0.3 is 0 Å². The van der Waals surface area contributed by atoms with Gasteiger partial charge in [-0.2, -0.15) is 0 Å². The topological polar surface area (TPSA) is 42.1 Å². The number of hydrogen-bond donors (Lipinski definition) is 1. The zero-order valence-corrected chi connectivity index (χ0v) is 10.2. The molecule has 1 aromatic heterocycles. The van der Waals surface area contributed by atoms with Crippen molar-refractivity contribution in [1.82, 2.24) is 4.98 Å². The maximum atomic E-state index is 5.53. The van der Waals surface area contributed by atoms with E-state index in [-0.39, 0.29) is 0 Å². The van der Waals surface area contributed by atoms with Crippen molar-refractivity contribution in [2.75, 3.05) is 11.9 Å². The number of aryl methyl sites for hydroxylation is 1. The molecule has 0 amide bonds. The summed E-state index contributed by atoms with van der Waals surface area (Å²) in [5.41, 5.74) is 9.91. The first-order valence-electron chi connectivity index (χ1n) is 5.66. The molecule has 0 aliphatic heterocycles. The Hall–Kier alpha value is -1.87. The Morgan fingerprint density at radius 1 is 1.06 bits per heavy atom. The zero-order valence-electron chi connectivity index (χ0n) is 10.2. The molecule has 0 aliphatic rings. The second kappa shape index (κ2) is 4.97. The molecule has 0 aliphatic carbocycles. The predicted molar refractivity (Wildman–Crippen MR) is 71.4 cm³/mol. The Bertz CT molecular complexity index is 474. The maximum absolute atomic E-state index is 5.53. The van der Waals surface area contributed by atoms with E-state index >= 15 is 0 Å². The van der Waals surface area contributed by atoms with Crippen molar-refractivity contribution in [1.29, 1.82) is 0 Å². The summed E-state index contributed by atoms with van der Waals surface area (Å²) < 4.78 is 0. The van der Waals surface area contributed by atoms with Crippen LogP contribution >= 0.6 is 0 Å². The molecule has 1 heterocycles. The molecule has 2 N–H and O–H groups in total. The summed E-state index contributed by atoms with van der Waals surface area (Å²) in [5, 5.41) is 0. The highest BCUT2D eigenvalue weighted by Crippen LogP contribution is 2.22. The molecule has 2 rings (SSSR count). The molecule has 3 nitrogen and oxygen atoms in total. The van der Waals surface area contributed by atoms with Gasteiger partial charge in [0.1, 0.15) is 0 Å². The van der Waals surface area contributed by atoms with Gasteiger partial charge in [-0.05, 0) is 31.2 Å². The second-order valence-corrected chi connectivity index (χ2v) is 4.11. The van der Waals surface area contributed by atoms with E-state index in [1.807, 2.05) is 25.4 Å². The quantitative estimate of drug-likeness (QED) is 0.876. The fraction of sp³-hybridized carbons (Fsp3) is 0.214. The number of pyridine rings is 1. The third-order valence-corrected chi connectivity index (χ3v) is 2.83. The second-order valence-electron chi connectivity index (χ2n) is 4.11. The molecule has 0 saturated heterocycles. The SMILES string of the molecule is Cc1ccc(N(C)c2ccc(CN)nc2)cc1. The Balaban J connectivity index is 2.23. The lowest BCUT2D eigenvalue weighted by Crippen LogP contribution is -2.10. The maximum Gasteiger partial charge on any atom is 0.0594 e. The molecule has 0 fully saturated rings. The summed E-state index contributed by atoms with van der Waals surface area (Å²) in [6.07, 6.45) is 1.85. The molecular formula is C14H17N3. The Morgan fingerprint density at radius 2 is 1.71 bits per heavy atom. The molecule has 0 atom stereocenters. The Labute approximate surface area is 102 Å². The van der Waals surface area contributed by atoms with E-state index in [4.69, 9.17) is 5.73 Å². The average Bonchev–Trinajstić information content (AvgIpc) is 2.39. The van der Waals surface area contributed by atoms with Gasteiger partial charge in [-0.3, -0.25) is 4.98 Å². The third-order valence-electron chi connectivity index (χ3n) is 2.83. The van der Waals surface area contributed by atoms with Crippen LogP contribution in [0, 0.1) is 6.92 Å². The van der Waals surface area contributed by atoms with Crippen molar-refractivity contribution in [3.63, 3.8) is 0 Å². The molecule has 0 saturated carbocycles. The molecule has 1 aromatic carbocycles. The van der Waals surface area contributed by atoms with Gasteiger partial charge in [-0.1, -0.05) is 17.7 Å². The number of hydrogen-bond acceptors (Lipinski definition) is 3. The number of aromatic nitrogens is 1. The van der Waals surface area contributed by atoms with Crippen LogP contribution < -0.4 is 10.6 Å². The number of nitrogens with zero attached hydrogens (tertiary/aromatic N) is 2. The molecular weight excluding hydrogens is 210 g/mol. The van der Waals surface area contributed by atoms with Crippen molar-refractivity contribution in [3.8, 4) is 0 Å².